The van der Waals surface area contributed by atoms with E-state index >= 15 is 0 Å². The van der Waals surface area contributed by atoms with Gasteiger partial charge in [0, 0.05) is 39.2 Å². The number of hydrogen-bond donors (Lipinski definition) is 2. The molecule has 0 atom stereocenters. The van der Waals surface area contributed by atoms with Crippen molar-refractivity contribution >= 4 is 11.4 Å². The van der Waals surface area contributed by atoms with Gasteiger partial charge in [-0.25, -0.2) is 0 Å². The topological polar surface area (TPSA) is 116 Å². The summed E-state index contributed by atoms with van der Waals surface area (Å²) in [4.78, 5) is 0.569. The largest absolute Gasteiger partial charge is 0.594 e. The standard InChI is InChI=1S/C26H34N2O7/c1-3-25(13-29)15-32-23(33-16-25)19-5-9-21(10-6-19)27-28(31)22-11-7-20(8-12-22)24-34-17-26(4-2,14-30)18-35-24/h5-12,23-24,29-30H,3-4,13-18H2,1-2H3. The van der Waals surface area contributed by atoms with Crippen molar-refractivity contribution < 1.29 is 34.0 Å². The molecule has 2 heterocycles. The maximum atomic E-state index is 12.6. The van der Waals surface area contributed by atoms with Gasteiger partial charge in [-0.2, -0.15) is 0 Å². The van der Waals surface area contributed by atoms with Crippen LogP contribution in [0.4, 0.5) is 11.4 Å². The zero-order valence-corrected chi connectivity index (χ0v) is 20.3. The van der Waals surface area contributed by atoms with E-state index in [1.54, 1.807) is 36.4 Å². The predicted octanol–water partition coefficient (Wildman–Crippen LogP) is 4.48. The summed E-state index contributed by atoms with van der Waals surface area (Å²) in [5.74, 6) is 0. The number of ether oxygens (including phenoxy) is 4. The van der Waals surface area contributed by atoms with E-state index < -0.39 is 12.6 Å². The molecule has 9 heteroatoms. The van der Waals surface area contributed by atoms with E-state index in [9.17, 15) is 15.4 Å². The lowest BCUT2D eigenvalue weighted by molar-refractivity contribution is -0.435. The second-order valence-electron chi connectivity index (χ2n) is 9.49. The molecule has 0 aromatic heterocycles. The molecule has 2 aromatic carbocycles. The van der Waals surface area contributed by atoms with Crippen molar-refractivity contribution in [1.29, 1.82) is 0 Å². The van der Waals surface area contributed by atoms with Gasteiger partial charge in [0.05, 0.1) is 39.6 Å². The van der Waals surface area contributed by atoms with E-state index in [1.165, 1.54) is 0 Å². The molecule has 0 bridgehead atoms. The fourth-order valence-electron chi connectivity index (χ4n) is 4.01. The molecule has 9 nitrogen and oxygen atoms in total. The first-order valence-electron chi connectivity index (χ1n) is 12.0. The van der Waals surface area contributed by atoms with E-state index in [4.69, 9.17) is 18.9 Å². The molecular formula is C26H34N2O7. The molecule has 0 amide bonds. The van der Waals surface area contributed by atoms with Crippen LogP contribution in [0.5, 0.6) is 0 Å². The molecule has 35 heavy (non-hydrogen) atoms. The van der Waals surface area contributed by atoms with Gasteiger partial charge in [-0.1, -0.05) is 30.8 Å². The fourth-order valence-corrected chi connectivity index (χ4v) is 4.01. The molecule has 2 aliphatic rings. The number of aliphatic hydroxyl groups excluding tert-OH is 2. The van der Waals surface area contributed by atoms with Crippen molar-refractivity contribution in [2.45, 2.75) is 39.3 Å². The molecule has 0 spiro atoms. The number of benzene rings is 2. The van der Waals surface area contributed by atoms with E-state index in [0.717, 1.165) is 24.0 Å². The third-order valence-corrected chi connectivity index (χ3v) is 7.09. The van der Waals surface area contributed by atoms with Crippen LogP contribution in [-0.2, 0) is 18.9 Å². The Hall–Kier alpha value is -2.40. The van der Waals surface area contributed by atoms with Gasteiger partial charge < -0.3 is 34.4 Å². The van der Waals surface area contributed by atoms with Crippen LogP contribution in [-0.4, -0.2) is 54.7 Å². The first kappa shape index (κ1) is 25.7. The molecule has 4 rings (SSSR count). The lowest BCUT2D eigenvalue weighted by Gasteiger charge is -2.38. The van der Waals surface area contributed by atoms with Gasteiger partial charge in [-0.15, -0.1) is 0 Å². The first-order valence-corrected chi connectivity index (χ1v) is 12.0. The molecular weight excluding hydrogens is 452 g/mol. The minimum atomic E-state index is -0.524. The summed E-state index contributed by atoms with van der Waals surface area (Å²) in [7, 11) is 0. The third kappa shape index (κ3) is 5.72. The molecule has 2 N–H and O–H groups in total. The van der Waals surface area contributed by atoms with Gasteiger partial charge in [0.15, 0.2) is 12.6 Å². The minimum absolute atomic E-state index is 0.0206. The van der Waals surface area contributed by atoms with Crippen molar-refractivity contribution in [2.75, 3.05) is 39.6 Å². The fraction of sp³-hybridized carbons (Fsp3) is 0.538. The Kier molecular flexibility index (Phi) is 8.16. The Bertz CT molecular complexity index is 966. The molecule has 2 saturated heterocycles. The zero-order valence-electron chi connectivity index (χ0n) is 20.3. The number of nitrogens with zero attached hydrogens (tertiary/aromatic N) is 2. The summed E-state index contributed by atoms with van der Waals surface area (Å²) in [5, 5.41) is 35.9. The molecule has 0 radical (unpaired) electrons. The summed E-state index contributed by atoms with van der Waals surface area (Å²) >= 11 is 0. The highest BCUT2D eigenvalue weighted by molar-refractivity contribution is 5.39. The molecule has 2 fully saturated rings. The third-order valence-electron chi connectivity index (χ3n) is 7.09. The molecule has 2 aliphatic heterocycles. The van der Waals surface area contributed by atoms with Crippen LogP contribution in [0.3, 0.4) is 0 Å². The van der Waals surface area contributed by atoms with Crippen LogP contribution in [0.1, 0.15) is 50.4 Å². The van der Waals surface area contributed by atoms with E-state index in [-0.39, 0.29) is 24.0 Å². The van der Waals surface area contributed by atoms with Crippen molar-refractivity contribution in [1.82, 2.24) is 0 Å². The highest BCUT2D eigenvalue weighted by Gasteiger charge is 2.36. The van der Waals surface area contributed by atoms with Gasteiger partial charge in [-0.05, 0) is 37.1 Å². The van der Waals surface area contributed by atoms with Crippen molar-refractivity contribution in [3.05, 3.63) is 64.9 Å². The van der Waals surface area contributed by atoms with E-state index in [1.807, 2.05) is 26.0 Å². The maximum Gasteiger partial charge on any atom is 0.244 e. The molecule has 0 unspecified atom stereocenters. The first-order chi connectivity index (χ1) is 16.9. The minimum Gasteiger partial charge on any atom is -0.594 e. The molecule has 0 saturated carbocycles. The van der Waals surface area contributed by atoms with Crippen molar-refractivity contribution in [3.8, 4) is 0 Å². The van der Waals surface area contributed by atoms with Gasteiger partial charge in [0.1, 0.15) is 5.69 Å². The van der Waals surface area contributed by atoms with Crippen LogP contribution in [0, 0.1) is 16.0 Å². The van der Waals surface area contributed by atoms with Gasteiger partial charge in [-0.3, -0.25) is 0 Å². The number of rotatable bonds is 8. The Morgan fingerprint density at radius 2 is 1.17 bits per heavy atom. The monoisotopic (exact) mass is 486 g/mol. The average molecular weight is 487 g/mol. The molecule has 190 valence electrons. The van der Waals surface area contributed by atoms with Crippen molar-refractivity contribution in [2.24, 2.45) is 15.9 Å². The van der Waals surface area contributed by atoms with Gasteiger partial charge in [0.2, 0.25) is 5.69 Å². The number of aliphatic hydroxyl groups is 2. The van der Waals surface area contributed by atoms with Crippen LogP contribution in [0.25, 0.3) is 0 Å². The van der Waals surface area contributed by atoms with Crippen LogP contribution in [0.15, 0.2) is 53.6 Å². The average Bonchev–Trinajstić information content (AvgIpc) is 2.93. The second-order valence-corrected chi connectivity index (χ2v) is 9.49. The normalized spacial score (nSPS) is 29.8. The van der Waals surface area contributed by atoms with E-state index in [2.05, 4.69) is 5.11 Å². The zero-order chi connectivity index (χ0) is 24.9. The summed E-state index contributed by atoms with van der Waals surface area (Å²) in [6, 6.07) is 14.0. The van der Waals surface area contributed by atoms with Gasteiger partial charge >= 0.3 is 0 Å². The SMILES string of the molecule is CCC1(CO)COC(c2ccc(N=[N+]([O-])c3ccc(C4OCC(CC)(CO)CO4)cc3)cc2)OC1. The summed E-state index contributed by atoms with van der Waals surface area (Å²) < 4.78 is 23.3. The smallest absolute Gasteiger partial charge is 0.244 e. The van der Waals surface area contributed by atoms with Crippen molar-refractivity contribution in [3.63, 3.8) is 0 Å². The molecule has 0 aliphatic carbocycles. The predicted molar refractivity (Wildman–Crippen MR) is 127 cm³/mol. The Balaban J connectivity index is 1.36. The quantitative estimate of drug-likeness (QED) is 0.321. The second kappa shape index (κ2) is 11.1. The van der Waals surface area contributed by atoms with E-state index in [0.29, 0.717) is 42.7 Å². The molecule has 2 aromatic rings. The Morgan fingerprint density at radius 1 is 0.771 bits per heavy atom. The maximum absolute atomic E-state index is 12.6. The Labute approximate surface area is 205 Å². The van der Waals surface area contributed by atoms with Crippen LogP contribution < -0.4 is 0 Å². The highest BCUT2D eigenvalue weighted by Crippen LogP contribution is 2.35. The Morgan fingerprint density at radius 3 is 1.54 bits per heavy atom. The summed E-state index contributed by atoms with van der Waals surface area (Å²) in [6.45, 7) is 5.76. The summed E-state index contributed by atoms with van der Waals surface area (Å²) in [5.41, 5.74) is 1.81. The van der Waals surface area contributed by atoms with Gasteiger partial charge in [0.25, 0.3) is 0 Å². The summed E-state index contributed by atoms with van der Waals surface area (Å²) in [6.07, 6.45) is 0.518. The van der Waals surface area contributed by atoms with Crippen LogP contribution in [0.2, 0.25) is 0 Å². The lowest BCUT2D eigenvalue weighted by atomic mass is 9.87. The lowest BCUT2D eigenvalue weighted by Crippen LogP contribution is -2.41. The number of hydrogen-bond acceptors (Lipinski definition) is 8. The highest BCUT2D eigenvalue weighted by atomic mass is 16.7. The van der Waals surface area contributed by atoms with Crippen LogP contribution >= 0.6 is 0 Å². The number of azo groups is 1.